The van der Waals surface area contributed by atoms with E-state index in [9.17, 15) is 4.79 Å². The summed E-state index contributed by atoms with van der Waals surface area (Å²) in [7, 11) is 1.48. The van der Waals surface area contributed by atoms with Crippen LogP contribution < -0.4 is 11.1 Å². The molecule has 1 heterocycles. The molecule has 0 saturated heterocycles. The molecule has 1 rings (SSSR count). The number of aromatic nitrogens is 2. The van der Waals surface area contributed by atoms with Gasteiger partial charge in [-0.1, -0.05) is 11.6 Å². The van der Waals surface area contributed by atoms with E-state index in [0.29, 0.717) is 0 Å². The van der Waals surface area contributed by atoms with Gasteiger partial charge < -0.3 is 11.1 Å². The van der Waals surface area contributed by atoms with E-state index in [1.165, 1.54) is 13.2 Å². The van der Waals surface area contributed by atoms with Crippen molar-refractivity contribution in [3.05, 3.63) is 17.0 Å². The number of rotatable bonds is 1. The van der Waals surface area contributed by atoms with Gasteiger partial charge in [0.05, 0.1) is 6.20 Å². The Hall–Kier alpha value is -1.36. The lowest BCUT2D eigenvalue weighted by Gasteiger charge is -2.01. The van der Waals surface area contributed by atoms with Crippen LogP contribution in [0.4, 0.5) is 5.82 Å². The van der Waals surface area contributed by atoms with E-state index in [-0.39, 0.29) is 16.7 Å². The topological polar surface area (TPSA) is 80.9 Å². The van der Waals surface area contributed by atoms with E-state index >= 15 is 0 Å². The highest BCUT2D eigenvalue weighted by atomic mass is 35.5. The number of anilines is 1. The van der Waals surface area contributed by atoms with Crippen molar-refractivity contribution in [3.63, 3.8) is 0 Å². The quantitative estimate of drug-likeness (QED) is 0.651. The zero-order chi connectivity index (χ0) is 9.14. The fraction of sp³-hybridized carbons (Fsp3) is 0.167. The largest absolute Gasteiger partial charge is 0.382 e. The van der Waals surface area contributed by atoms with Crippen molar-refractivity contribution >= 4 is 23.3 Å². The average molecular weight is 187 g/mol. The lowest BCUT2D eigenvalue weighted by molar-refractivity contribution is 0.0959. The molecule has 0 aromatic carbocycles. The standard InChI is InChI=1S/C6H7ClN4O/c1-9-6(12)4-5(8)10-2-3(7)11-4/h2H,1H3,(H2,8,10)(H,9,12). The fourth-order valence-corrected chi connectivity index (χ4v) is 0.796. The molecule has 0 radical (unpaired) electrons. The minimum atomic E-state index is -0.400. The first-order valence-corrected chi connectivity index (χ1v) is 3.53. The van der Waals surface area contributed by atoms with E-state index in [1.54, 1.807) is 0 Å². The minimum absolute atomic E-state index is 0.0463. The van der Waals surface area contributed by atoms with Crippen molar-refractivity contribution in [1.82, 2.24) is 15.3 Å². The molecule has 0 aliphatic rings. The number of nitrogen functional groups attached to an aromatic ring is 1. The predicted octanol–water partition coefficient (Wildman–Crippen LogP) is 0.0718. The smallest absolute Gasteiger partial charge is 0.273 e. The highest BCUT2D eigenvalue weighted by Gasteiger charge is 2.10. The average Bonchev–Trinajstić information content (AvgIpc) is 2.08. The highest BCUT2D eigenvalue weighted by molar-refractivity contribution is 6.29. The molecule has 3 N–H and O–H groups in total. The number of hydrogen-bond acceptors (Lipinski definition) is 4. The van der Waals surface area contributed by atoms with E-state index in [0.717, 1.165) is 0 Å². The molecular formula is C6H7ClN4O. The van der Waals surface area contributed by atoms with Gasteiger partial charge in [0.2, 0.25) is 0 Å². The lowest BCUT2D eigenvalue weighted by Crippen LogP contribution is -2.21. The molecule has 0 spiro atoms. The number of halogens is 1. The molecule has 6 heteroatoms. The van der Waals surface area contributed by atoms with Crippen LogP contribution in [0.25, 0.3) is 0 Å². The molecule has 0 fully saturated rings. The Labute approximate surface area is 74.0 Å². The van der Waals surface area contributed by atoms with Gasteiger partial charge in [0.1, 0.15) is 5.15 Å². The minimum Gasteiger partial charge on any atom is -0.382 e. The van der Waals surface area contributed by atoms with Crippen LogP contribution in [0.5, 0.6) is 0 Å². The van der Waals surface area contributed by atoms with Crippen LogP contribution in [0.2, 0.25) is 5.15 Å². The van der Waals surface area contributed by atoms with E-state index in [2.05, 4.69) is 15.3 Å². The van der Waals surface area contributed by atoms with Gasteiger partial charge in [-0.3, -0.25) is 4.79 Å². The van der Waals surface area contributed by atoms with Gasteiger partial charge in [0.25, 0.3) is 5.91 Å². The molecule has 0 atom stereocenters. The summed E-state index contributed by atoms with van der Waals surface area (Å²) in [5, 5.41) is 2.51. The number of nitrogens with two attached hydrogens (primary N) is 1. The van der Waals surface area contributed by atoms with Crippen molar-refractivity contribution < 1.29 is 4.79 Å². The molecular weight excluding hydrogens is 180 g/mol. The fourth-order valence-electron chi connectivity index (χ4n) is 0.662. The molecule has 1 aromatic rings. The Morgan fingerprint density at radius 1 is 1.75 bits per heavy atom. The van der Waals surface area contributed by atoms with Crippen molar-refractivity contribution in [2.24, 2.45) is 0 Å². The van der Waals surface area contributed by atoms with E-state index < -0.39 is 5.91 Å². The molecule has 1 aromatic heterocycles. The Morgan fingerprint density at radius 3 is 3.00 bits per heavy atom. The molecule has 0 bridgehead atoms. The summed E-state index contributed by atoms with van der Waals surface area (Å²) >= 11 is 5.51. The third kappa shape index (κ3) is 1.62. The number of amides is 1. The molecule has 64 valence electrons. The molecule has 0 aliphatic carbocycles. The summed E-state index contributed by atoms with van der Waals surface area (Å²) in [6.07, 6.45) is 1.28. The summed E-state index contributed by atoms with van der Waals surface area (Å²) < 4.78 is 0. The summed E-state index contributed by atoms with van der Waals surface area (Å²) in [6, 6.07) is 0. The maximum absolute atomic E-state index is 11.0. The Morgan fingerprint density at radius 2 is 2.42 bits per heavy atom. The molecule has 0 saturated carbocycles. The summed E-state index contributed by atoms with van der Waals surface area (Å²) in [4.78, 5) is 18.4. The predicted molar refractivity (Wildman–Crippen MR) is 44.8 cm³/mol. The van der Waals surface area contributed by atoms with Gasteiger partial charge in [0.15, 0.2) is 11.5 Å². The monoisotopic (exact) mass is 186 g/mol. The lowest BCUT2D eigenvalue weighted by atomic mass is 10.4. The number of hydrogen-bond donors (Lipinski definition) is 2. The van der Waals surface area contributed by atoms with Gasteiger partial charge >= 0.3 is 0 Å². The van der Waals surface area contributed by atoms with Gasteiger partial charge in [-0.2, -0.15) is 0 Å². The second-order valence-corrected chi connectivity index (χ2v) is 2.39. The number of carbonyl (C=O) groups excluding carboxylic acids is 1. The van der Waals surface area contributed by atoms with Crippen molar-refractivity contribution in [1.29, 1.82) is 0 Å². The zero-order valence-electron chi connectivity index (χ0n) is 6.34. The third-order valence-corrected chi connectivity index (χ3v) is 1.40. The van der Waals surface area contributed by atoms with Crippen LogP contribution in [0.3, 0.4) is 0 Å². The second kappa shape index (κ2) is 3.36. The summed E-state index contributed by atoms with van der Waals surface area (Å²) in [5.74, 6) is -0.332. The van der Waals surface area contributed by atoms with Gasteiger partial charge in [-0.25, -0.2) is 9.97 Å². The van der Waals surface area contributed by atoms with Crippen molar-refractivity contribution in [2.75, 3.05) is 12.8 Å². The first-order valence-electron chi connectivity index (χ1n) is 3.15. The van der Waals surface area contributed by atoms with E-state index in [1.807, 2.05) is 0 Å². The van der Waals surface area contributed by atoms with Crippen LogP contribution >= 0.6 is 11.6 Å². The van der Waals surface area contributed by atoms with Gasteiger partial charge in [-0.05, 0) is 0 Å². The maximum Gasteiger partial charge on any atom is 0.273 e. The first-order chi connectivity index (χ1) is 5.65. The summed E-state index contributed by atoms with van der Waals surface area (Å²) in [5.41, 5.74) is 5.42. The van der Waals surface area contributed by atoms with Crippen LogP contribution in [-0.2, 0) is 0 Å². The number of nitrogens with one attached hydrogen (secondary N) is 1. The number of carbonyl (C=O) groups is 1. The first kappa shape index (κ1) is 8.73. The Balaban J connectivity index is 3.13. The van der Waals surface area contributed by atoms with E-state index in [4.69, 9.17) is 17.3 Å². The maximum atomic E-state index is 11.0. The summed E-state index contributed by atoms with van der Waals surface area (Å²) in [6.45, 7) is 0. The Bertz CT molecular complexity index is 314. The highest BCUT2D eigenvalue weighted by Crippen LogP contribution is 2.08. The van der Waals surface area contributed by atoms with Crippen LogP contribution in [0.1, 0.15) is 10.5 Å². The van der Waals surface area contributed by atoms with Crippen LogP contribution in [0.15, 0.2) is 6.20 Å². The zero-order valence-corrected chi connectivity index (χ0v) is 7.09. The molecule has 1 amide bonds. The van der Waals surface area contributed by atoms with Crippen LogP contribution in [0, 0.1) is 0 Å². The second-order valence-electron chi connectivity index (χ2n) is 2.01. The SMILES string of the molecule is CNC(=O)c1nc(Cl)cnc1N. The molecule has 12 heavy (non-hydrogen) atoms. The van der Waals surface area contributed by atoms with Crippen molar-refractivity contribution in [2.45, 2.75) is 0 Å². The van der Waals surface area contributed by atoms with Crippen molar-refractivity contribution in [3.8, 4) is 0 Å². The number of nitrogens with zero attached hydrogens (tertiary/aromatic N) is 2. The molecule has 5 nitrogen and oxygen atoms in total. The van der Waals surface area contributed by atoms with Gasteiger partial charge in [-0.15, -0.1) is 0 Å². The molecule has 0 aliphatic heterocycles. The van der Waals surface area contributed by atoms with Crippen LogP contribution in [-0.4, -0.2) is 22.9 Å². The third-order valence-electron chi connectivity index (χ3n) is 1.21. The molecule has 0 unspecified atom stereocenters. The Kier molecular flexibility index (Phi) is 2.44. The normalized spacial score (nSPS) is 9.50. The van der Waals surface area contributed by atoms with Gasteiger partial charge in [0, 0.05) is 7.05 Å².